The second-order valence-corrected chi connectivity index (χ2v) is 3.47. The lowest BCUT2D eigenvalue weighted by Gasteiger charge is -1.91. The van der Waals surface area contributed by atoms with Crippen molar-refractivity contribution in [3.05, 3.63) is 36.6 Å². The lowest BCUT2D eigenvalue weighted by molar-refractivity contribution is 0.571. The van der Waals surface area contributed by atoms with Crippen LogP contribution in [0, 0.1) is 0 Å². The lowest BCUT2D eigenvalue weighted by Crippen LogP contribution is -1.75. The number of rotatable bonds is 2. The van der Waals surface area contributed by atoms with E-state index in [2.05, 4.69) is 4.98 Å². The van der Waals surface area contributed by atoms with Gasteiger partial charge in [-0.2, -0.15) is 0 Å². The van der Waals surface area contributed by atoms with E-state index >= 15 is 0 Å². The third-order valence-corrected chi connectivity index (χ3v) is 2.40. The molecule has 0 bridgehead atoms. The van der Waals surface area contributed by atoms with Crippen molar-refractivity contribution in [1.82, 2.24) is 4.98 Å². The summed E-state index contributed by atoms with van der Waals surface area (Å²) >= 11 is 0. The topological polar surface area (TPSA) is 26.0 Å². The van der Waals surface area contributed by atoms with E-state index in [9.17, 15) is 0 Å². The molecular weight excluding hydrogens is 206 g/mol. The SMILES string of the molecule is ClSc1coc(-c2ccccc2)n1. The largest absolute Gasteiger partial charge is 0.443 e. The number of halogens is 1. The Morgan fingerprint density at radius 1 is 1.23 bits per heavy atom. The molecule has 66 valence electrons. The summed E-state index contributed by atoms with van der Waals surface area (Å²) in [4.78, 5) is 4.16. The predicted octanol–water partition coefficient (Wildman–Crippen LogP) is 3.59. The highest BCUT2D eigenvalue weighted by atomic mass is 35.7. The van der Waals surface area contributed by atoms with E-state index in [0.717, 1.165) is 16.5 Å². The van der Waals surface area contributed by atoms with Crippen LogP contribution in [0.5, 0.6) is 0 Å². The van der Waals surface area contributed by atoms with Gasteiger partial charge in [0.2, 0.25) is 5.89 Å². The second-order valence-electron chi connectivity index (χ2n) is 2.43. The smallest absolute Gasteiger partial charge is 0.227 e. The van der Waals surface area contributed by atoms with E-state index in [0.29, 0.717) is 10.9 Å². The van der Waals surface area contributed by atoms with Crippen LogP contribution in [-0.2, 0) is 0 Å². The van der Waals surface area contributed by atoms with E-state index in [1.807, 2.05) is 30.3 Å². The van der Waals surface area contributed by atoms with Crippen LogP contribution in [0.25, 0.3) is 11.5 Å². The first-order valence-corrected chi connectivity index (χ1v) is 5.34. The summed E-state index contributed by atoms with van der Waals surface area (Å²) in [7, 11) is 6.57. The normalized spacial score (nSPS) is 10.2. The summed E-state index contributed by atoms with van der Waals surface area (Å²) < 4.78 is 5.23. The van der Waals surface area contributed by atoms with Gasteiger partial charge in [0, 0.05) is 16.5 Å². The van der Waals surface area contributed by atoms with Crippen molar-refractivity contribution >= 4 is 21.7 Å². The molecule has 1 aromatic carbocycles. The zero-order chi connectivity index (χ0) is 9.10. The van der Waals surface area contributed by atoms with Crippen molar-refractivity contribution in [2.75, 3.05) is 0 Å². The number of benzene rings is 1. The highest BCUT2D eigenvalue weighted by Crippen LogP contribution is 2.25. The van der Waals surface area contributed by atoms with E-state index in [1.54, 1.807) is 6.26 Å². The molecule has 1 aromatic heterocycles. The van der Waals surface area contributed by atoms with Crippen LogP contribution in [0.1, 0.15) is 0 Å². The first-order chi connectivity index (χ1) is 6.40. The molecule has 0 fully saturated rings. The Morgan fingerprint density at radius 3 is 2.62 bits per heavy atom. The maximum atomic E-state index is 5.52. The van der Waals surface area contributed by atoms with E-state index in [-0.39, 0.29) is 0 Å². The summed E-state index contributed by atoms with van der Waals surface area (Å²) in [6.07, 6.45) is 1.54. The quantitative estimate of drug-likeness (QED) is 0.760. The minimum absolute atomic E-state index is 0.601. The molecule has 1 heterocycles. The average molecular weight is 212 g/mol. The lowest BCUT2D eigenvalue weighted by atomic mass is 10.2. The maximum Gasteiger partial charge on any atom is 0.227 e. The molecule has 2 rings (SSSR count). The zero-order valence-corrected chi connectivity index (χ0v) is 8.18. The summed E-state index contributed by atoms with van der Waals surface area (Å²) in [5, 5.41) is 0.681. The van der Waals surface area contributed by atoms with E-state index in [1.165, 1.54) is 0 Å². The summed E-state index contributed by atoms with van der Waals surface area (Å²) in [6.45, 7) is 0. The Balaban J connectivity index is 2.36. The summed E-state index contributed by atoms with van der Waals surface area (Å²) in [6, 6.07) is 9.70. The van der Waals surface area contributed by atoms with Gasteiger partial charge in [-0.1, -0.05) is 18.2 Å². The average Bonchev–Trinajstić information content (AvgIpc) is 2.67. The van der Waals surface area contributed by atoms with Gasteiger partial charge in [-0.05, 0) is 22.8 Å². The number of oxazole rings is 1. The maximum absolute atomic E-state index is 5.52. The van der Waals surface area contributed by atoms with Gasteiger partial charge in [-0.25, -0.2) is 4.98 Å². The van der Waals surface area contributed by atoms with Gasteiger partial charge in [-0.15, -0.1) is 0 Å². The van der Waals surface area contributed by atoms with Gasteiger partial charge in [0.05, 0.1) is 0 Å². The van der Waals surface area contributed by atoms with E-state index < -0.39 is 0 Å². The van der Waals surface area contributed by atoms with Crippen molar-refractivity contribution in [3.8, 4) is 11.5 Å². The number of hydrogen-bond acceptors (Lipinski definition) is 3. The highest BCUT2D eigenvalue weighted by Gasteiger charge is 2.04. The predicted molar refractivity (Wildman–Crippen MR) is 53.6 cm³/mol. The number of nitrogens with zero attached hydrogens (tertiary/aromatic N) is 1. The number of aromatic nitrogens is 1. The van der Waals surface area contributed by atoms with Crippen molar-refractivity contribution in [1.29, 1.82) is 0 Å². The highest BCUT2D eigenvalue weighted by molar-refractivity contribution is 8.21. The third-order valence-electron chi connectivity index (χ3n) is 1.58. The summed E-state index contributed by atoms with van der Waals surface area (Å²) in [5.74, 6) is 0.601. The van der Waals surface area contributed by atoms with Crippen LogP contribution in [-0.4, -0.2) is 4.98 Å². The van der Waals surface area contributed by atoms with Crippen molar-refractivity contribution in [3.63, 3.8) is 0 Å². The molecule has 0 amide bonds. The van der Waals surface area contributed by atoms with Crippen molar-refractivity contribution in [2.45, 2.75) is 5.03 Å². The molecule has 0 spiro atoms. The Morgan fingerprint density at radius 2 is 2.00 bits per heavy atom. The fourth-order valence-electron chi connectivity index (χ4n) is 1.01. The van der Waals surface area contributed by atoms with Gasteiger partial charge in [0.15, 0.2) is 5.03 Å². The van der Waals surface area contributed by atoms with Crippen LogP contribution in [0.15, 0.2) is 46.0 Å². The third kappa shape index (κ3) is 1.87. The summed E-state index contributed by atoms with van der Waals surface area (Å²) in [5.41, 5.74) is 0.958. The monoisotopic (exact) mass is 211 g/mol. The van der Waals surface area contributed by atoms with E-state index in [4.69, 9.17) is 15.1 Å². The molecule has 0 saturated carbocycles. The molecule has 0 unspecified atom stereocenters. The minimum atomic E-state index is 0.601. The van der Waals surface area contributed by atoms with Crippen LogP contribution >= 0.6 is 21.7 Å². The molecule has 2 nitrogen and oxygen atoms in total. The molecule has 0 N–H and O–H groups in total. The standard InChI is InChI=1S/C9H6ClNOS/c10-13-8-6-12-9(11-8)7-4-2-1-3-5-7/h1-6H. The first kappa shape index (κ1) is 8.66. The molecule has 0 aliphatic rings. The minimum Gasteiger partial charge on any atom is -0.443 e. The van der Waals surface area contributed by atoms with Gasteiger partial charge < -0.3 is 4.42 Å². The molecule has 2 aromatic rings. The van der Waals surface area contributed by atoms with Crippen molar-refractivity contribution in [2.24, 2.45) is 0 Å². The van der Waals surface area contributed by atoms with Crippen LogP contribution < -0.4 is 0 Å². The fourth-order valence-corrected chi connectivity index (χ4v) is 1.42. The second kappa shape index (κ2) is 3.85. The molecular formula is C9H6ClNOS. The van der Waals surface area contributed by atoms with Crippen LogP contribution in [0.2, 0.25) is 0 Å². The Kier molecular flexibility index (Phi) is 2.57. The van der Waals surface area contributed by atoms with Gasteiger partial charge in [-0.3, -0.25) is 0 Å². The van der Waals surface area contributed by atoms with Gasteiger partial charge in [0.25, 0.3) is 0 Å². The molecule has 0 saturated heterocycles. The Hall–Kier alpha value is -0.930. The van der Waals surface area contributed by atoms with Gasteiger partial charge in [0.1, 0.15) is 6.26 Å². The molecule has 0 aliphatic carbocycles. The molecule has 0 aliphatic heterocycles. The van der Waals surface area contributed by atoms with Crippen molar-refractivity contribution < 1.29 is 4.42 Å². The first-order valence-electron chi connectivity index (χ1n) is 3.69. The number of hydrogen-bond donors (Lipinski definition) is 0. The molecule has 4 heteroatoms. The molecule has 0 radical (unpaired) electrons. The van der Waals surface area contributed by atoms with Gasteiger partial charge >= 0.3 is 0 Å². The Bertz CT molecular complexity index is 388. The molecule has 0 atom stereocenters. The van der Waals surface area contributed by atoms with Crippen LogP contribution in [0.3, 0.4) is 0 Å². The zero-order valence-electron chi connectivity index (χ0n) is 6.61. The van der Waals surface area contributed by atoms with Crippen LogP contribution in [0.4, 0.5) is 0 Å². The Labute approximate surface area is 84.4 Å². The molecule has 13 heavy (non-hydrogen) atoms. The fraction of sp³-hybridized carbons (Fsp3) is 0.